The molecule has 11 heteroatoms. The first-order chi connectivity index (χ1) is 17.9. The Morgan fingerprint density at radius 1 is 1.11 bits per heavy atom. The molecule has 0 bridgehead atoms. The van der Waals surface area contributed by atoms with E-state index in [-0.39, 0.29) is 28.6 Å². The number of halogens is 1. The minimum absolute atomic E-state index is 0.00987. The molecule has 0 unspecified atom stereocenters. The lowest BCUT2D eigenvalue weighted by Gasteiger charge is -2.37. The van der Waals surface area contributed by atoms with Gasteiger partial charge in [-0.25, -0.2) is 4.68 Å². The minimum Gasteiger partial charge on any atom is -0.382 e. The molecule has 1 N–H and O–H groups in total. The molecule has 4 aliphatic rings. The molecule has 9 nitrogen and oxygen atoms in total. The van der Waals surface area contributed by atoms with Gasteiger partial charge in [0.2, 0.25) is 0 Å². The third kappa shape index (κ3) is 4.74. The van der Waals surface area contributed by atoms with E-state index in [1.54, 1.807) is 10.5 Å². The smallest absolute Gasteiger partial charge is 0.304 e. The average molecular weight is 544 g/mol. The van der Waals surface area contributed by atoms with E-state index in [9.17, 15) is 13.2 Å². The van der Waals surface area contributed by atoms with Gasteiger partial charge in [-0.3, -0.25) is 9.10 Å². The maximum Gasteiger partial charge on any atom is 0.304 e. The highest BCUT2D eigenvalue weighted by Crippen LogP contribution is 2.37. The molecular weight excluding hydrogens is 514 g/mol. The number of benzene rings is 1. The van der Waals surface area contributed by atoms with Gasteiger partial charge in [0.25, 0.3) is 5.56 Å². The van der Waals surface area contributed by atoms with Crippen LogP contribution in [0, 0.1) is 29.6 Å². The van der Waals surface area contributed by atoms with Crippen LogP contribution in [0.5, 0.6) is 0 Å². The maximum atomic E-state index is 13.5. The zero-order chi connectivity index (χ0) is 25.6. The van der Waals surface area contributed by atoms with Crippen LogP contribution in [0.1, 0.15) is 31.7 Å². The van der Waals surface area contributed by atoms with Gasteiger partial charge in [0, 0.05) is 37.5 Å². The fourth-order valence-corrected chi connectivity index (χ4v) is 7.55. The monoisotopic (exact) mass is 543 g/mol. The van der Waals surface area contributed by atoms with Gasteiger partial charge in [-0.2, -0.15) is 17.8 Å². The first-order valence-corrected chi connectivity index (χ1v) is 14.7. The van der Waals surface area contributed by atoms with Crippen molar-refractivity contribution >= 4 is 33.2 Å². The van der Waals surface area contributed by atoms with Gasteiger partial charge in [0.05, 0.1) is 42.7 Å². The lowest BCUT2D eigenvalue weighted by atomic mass is 9.75. The SMILES string of the molecule is O=c1c(Cl)c(NC[C@@H]2COC[C@H]3C#C[C@@H]23)cnn1C1CCN(S(=O)(=O)N(c2ccccc2)C2CC2)CC1. The van der Waals surface area contributed by atoms with Gasteiger partial charge >= 0.3 is 10.2 Å². The summed E-state index contributed by atoms with van der Waals surface area (Å²) in [5.74, 6) is 7.23. The van der Waals surface area contributed by atoms with Gasteiger partial charge < -0.3 is 10.1 Å². The molecule has 196 valence electrons. The molecule has 3 fully saturated rings. The molecule has 2 aliphatic carbocycles. The highest BCUT2D eigenvalue weighted by molar-refractivity contribution is 7.90. The van der Waals surface area contributed by atoms with Crippen LogP contribution in [0.3, 0.4) is 0 Å². The average Bonchev–Trinajstić information content (AvgIpc) is 3.71. The van der Waals surface area contributed by atoms with Crippen LogP contribution in [-0.2, 0) is 14.9 Å². The van der Waals surface area contributed by atoms with Crippen molar-refractivity contribution in [3.63, 3.8) is 0 Å². The van der Waals surface area contributed by atoms with Crippen LogP contribution in [-0.4, -0.2) is 61.4 Å². The predicted octanol–water partition coefficient (Wildman–Crippen LogP) is 2.76. The Kier molecular flexibility index (Phi) is 6.65. The van der Waals surface area contributed by atoms with Crippen LogP contribution in [0.2, 0.25) is 5.02 Å². The summed E-state index contributed by atoms with van der Waals surface area (Å²) >= 11 is 6.46. The summed E-state index contributed by atoms with van der Waals surface area (Å²) in [7, 11) is -3.66. The van der Waals surface area contributed by atoms with E-state index in [2.05, 4.69) is 22.3 Å². The largest absolute Gasteiger partial charge is 0.382 e. The number of nitrogens with zero attached hydrogens (tertiary/aromatic N) is 4. The Morgan fingerprint density at radius 2 is 1.86 bits per heavy atom. The molecule has 2 saturated heterocycles. The van der Waals surface area contributed by atoms with Gasteiger partial charge in [-0.1, -0.05) is 41.6 Å². The van der Waals surface area contributed by atoms with E-state index in [1.165, 1.54) is 8.99 Å². The fourth-order valence-electron chi connectivity index (χ4n) is 5.45. The summed E-state index contributed by atoms with van der Waals surface area (Å²) in [6, 6.07) is 9.06. The second kappa shape index (κ2) is 9.95. The van der Waals surface area contributed by atoms with E-state index < -0.39 is 10.2 Å². The summed E-state index contributed by atoms with van der Waals surface area (Å²) in [5.41, 5.74) is 0.831. The van der Waals surface area contributed by atoms with Crippen LogP contribution in [0.4, 0.5) is 11.4 Å². The summed E-state index contributed by atoms with van der Waals surface area (Å²) in [6.45, 7) is 2.57. The number of aromatic nitrogens is 2. The number of ether oxygens (including phenoxy) is 1. The minimum atomic E-state index is -3.66. The molecule has 1 aromatic carbocycles. The van der Waals surface area contributed by atoms with Crippen molar-refractivity contribution in [2.24, 2.45) is 17.8 Å². The molecule has 2 aromatic rings. The van der Waals surface area contributed by atoms with Crippen LogP contribution in [0.15, 0.2) is 41.3 Å². The summed E-state index contributed by atoms with van der Waals surface area (Å²) in [6.07, 6.45) is 4.30. The number of hydrogen-bond acceptors (Lipinski definition) is 6. The standard InChI is InChI=1S/C26H30ClN5O4S/c27-25-24(28-14-19-17-36-16-18-6-9-23(18)19)15-29-31(26(25)33)20-10-12-30(13-11-20)37(34,35)32(22-7-8-22)21-4-2-1-3-5-21/h1-5,15,18-20,22-23,28H,7-8,10-14,16-17H2/t18-,19-,23-/m1/s1. The Hall–Kier alpha value is -2.58. The third-order valence-corrected chi connectivity index (χ3v) is 10.1. The molecule has 0 radical (unpaired) electrons. The van der Waals surface area contributed by atoms with E-state index in [0.29, 0.717) is 68.9 Å². The first kappa shape index (κ1) is 24.7. The zero-order valence-corrected chi connectivity index (χ0v) is 22.0. The zero-order valence-electron chi connectivity index (χ0n) is 20.4. The van der Waals surface area contributed by atoms with E-state index in [4.69, 9.17) is 16.3 Å². The summed E-state index contributed by atoms with van der Waals surface area (Å²) in [4.78, 5) is 13.1. The van der Waals surface area contributed by atoms with Crippen molar-refractivity contribution in [1.82, 2.24) is 14.1 Å². The third-order valence-electron chi connectivity index (χ3n) is 7.74. The van der Waals surface area contributed by atoms with Crippen LogP contribution >= 0.6 is 11.6 Å². The topological polar surface area (TPSA) is 96.8 Å². The molecule has 37 heavy (non-hydrogen) atoms. The van der Waals surface area contributed by atoms with Gasteiger partial charge in [-0.05, 0) is 37.8 Å². The highest BCUT2D eigenvalue weighted by Gasteiger charge is 2.42. The van der Waals surface area contributed by atoms with Crippen LogP contribution < -0.4 is 15.2 Å². The number of rotatable bonds is 8. The second-order valence-corrected chi connectivity index (χ2v) is 12.4. The van der Waals surface area contributed by atoms with Crippen molar-refractivity contribution in [3.05, 3.63) is 51.9 Å². The summed E-state index contributed by atoms with van der Waals surface area (Å²) < 4.78 is 37.2. The van der Waals surface area contributed by atoms with Crippen molar-refractivity contribution in [3.8, 4) is 11.8 Å². The van der Waals surface area contributed by atoms with E-state index >= 15 is 0 Å². The van der Waals surface area contributed by atoms with E-state index in [0.717, 1.165) is 12.8 Å². The number of piperidine rings is 1. The second-order valence-electron chi connectivity index (χ2n) is 10.2. The van der Waals surface area contributed by atoms with Crippen molar-refractivity contribution in [1.29, 1.82) is 0 Å². The highest BCUT2D eigenvalue weighted by atomic mass is 35.5. The molecule has 1 saturated carbocycles. The van der Waals surface area contributed by atoms with Gasteiger partial charge in [-0.15, -0.1) is 0 Å². The lowest BCUT2D eigenvalue weighted by molar-refractivity contribution is 0.00755. The van der Waals surface area contributed by atoms with Gasteiger partial charge in [0.1, 0.15) is 5.02 Å². The maximum absolute atomic E-state index is 13.5. The van der Waals surface area contributed by atoms with Gasteiger partial charge in [0.15, 0.2) is 0 Å². The Bertz CT molecular complexity index is 1380. The molecule has 2 aliphatic heterocycles. The molecule has 3 atom stereocenters. The number of hydrogen-bond donors (Lipinski definition) is 1. The quantitative estimate of drug-likeness (QED) is 0.514. The summed E-state index contributed by atoms with van der Waals surface area (Å²) in [5, 5.41) is 7.76. The van der Waals surface area contributed by atoms with Crippen molar-refractivity contribution in [2.45, 2.75) is 37.8 Å². The molecule has 6 rings (SSSR count). The first-order valence-electron chi connectivity index (χ1n) is 12.9. The van der Waals surface area contributed by atoms with E-state index in [1.807, 2.05) is 30.3 Å². The fraction of sp³-hybridized carbons (Fsp3) is 0.538. The normalized spacial score (nSPS) is 25.9. The Morgan fingerprint density at radius 3 is 2.54 bits per heavy atom. The predicted molar refractivity (Wildman–Crippen MR) is 142 cm³/mol. The number of anilines is 2. The molecule has 0 amide bonds. The molecule has 1 aromatic heterocycles. The number of fused-ring (bicyclic) bond motifs is 1. The lowest BCUT2D eigenvalue weighted by Crippen LogP contribution is -2.49. The molecular formula is C26H30ClN5O4S. The number of nitrogens with one attached hydrogen (secondary N) is 1. The molecule has 3 heterocycles. The Balaban J connectivity index is 1.11. The van der Waals surface area contributed by atoms with Crippen LogP contribution in [0.25, 0.3) is 0 Å². The van der Waals surface area contributed by atoms with Crippen molar-refractivity contribution < 1.29 is 13.2 Å². The Labute approximate surface area is 221 Å². The van der Waals surface area contributed by atoms with Crippen molar-refractivity contribution in [2.75, 3.05) is 42.5 Å². The molecule has 0 spiro atoms. The number of para-hydroxylation sites is 1.